The second-order valence-corrected chi connectivity index (χ2v) is 5.76. The van der Waals surface area contributed by atoms with Gasteiger partial charge in [0, 0.05) is 0 Å². The standard InChI is InChI=1S/C15H19N3O4/c1-2-21-13(19)11-3-5-15(6-4-11)9-18(14(20)22-15)12-7-16-10-17-8-12/h7-8,10-11H,2-6,9H2,1H3. The summed E-state index contributed by atoms with van der Waals surface area (Å²) in [5.41, 5.74) is 0.132. The van der Waals surface area contributed by atoms with Crippen LogP contribution < -0.4 is 4.90 Å². The smallest absolute Gasteiger partial charge is 0.415 e. The minimum absolute atomic E-state index is 0.0848. The summed E-state index contributed by atoms with van der Waals surface area (Å²) in [4.78, 5) is 33.3. The van der Waals surface area contributed by atoms with Gasteiger partial charge in [-0.15, -0.1) is 0 Å². The SMILES string of the molecule is CCOC(=O)C1CCC2(CC1)CN(c1cncnc1)C(=O)O2. The van der Waals surface area contributed by atoms with Crippen molar-refractivity contribution in [2.24, 2.45) is 5.92 Å². The van der Waals surface area contributed by atoms with Gasteiger partial charge in [-0.2, -0.15) is 0 Å². The molecule has 118 valence electrons. The molecule has 1 aromatic rings. The van der Waals surface area contributed by atoms with Crippen LogP contribution in [-0.4, -0.2) is 40.8 Å². The Morgan fingerprint density at radius 2 is 2.09 bits per heavy atom. The fourth-order valence-corrected chi connectivity index (χ4v) is 3.15. The Kier molecular flexibility index (Phi) is 3.96. The zero-order valence-corrected chi connectivity index (χ0v) is 12.5. The van der Waals surface area contributed by atoms with Gasteiger partial charge in [0.05, 0.1) is 37.2 Å². The summed E-state index contributed by atoms with van der Waals surface area (Å²) < 4.78 is 10.7. The second-order valence-electron chi connectivity index (χ2n) is 5.76. The lowest BCUT2D eigenvalue weighted by atomic mass is 9.78. The van der Waals surface area contributed by atoms with Gasteiger partial charge in [-0.1, -0.05) is 0 Å². The molecule has 7 heteroatoms. The van der Waals surface area contributed by atoms with Crippen LogP contribution in [0.2, 0.25) is 0 Å². The van der Waals surface area contributed by atoms with E-state index >= 15 is 0 Å². The molecule has 3 rings (SSSR count). The van der Waals surface area contributed by atoms with E-state index in [1.165, 1.54) is 6.33 Å². The molecular weight excluding hydrogens is 286 g/mol. The predicted molar refractivity (Wildman–Crippen MR) is 77.2 cm³/mol. The van der Waals surface area contributed by atoms with Gasteiger partial charge in [0.2, 0.25) is 0 Å². The van der Waals surface area contributed by atoms with Crippen LogP contribution in [-0.2, 0) is 14.3 Å². The number of nitrogens with zero attached hydrogens (tertiary/aromatic N) is 3. The number of hydrogen-bond donors (Lipinski definition) is 0. The summed E-state index contributed by atoms with van der Waals surface area (Å²) in [7, 11) is 0. The number of ether oxygens (including phenoxy) is 2. The normalized spacial score (nSPS) is 27.8. The molecule has 1 aliphatic carbocycles. The van der Waals surface area contributed by atoms with Crippen molar-refractivity contribution in [1.29, 1.82) is 0 Å². The zero-order chi connectivity index (χ0) is 15.6. The molecule has 7 nitrogen and oxygen atoms in total. The maximum absolute atomic E-state index is 12.1. The molecule has 0 bridgehead atoms. The number of carbonyl (C=O) groups is 2. The molecule has 1 aromatic heterocycles. The fraction of sp³-hybridized carbons (Fsp3) is 0.600. The van der Waals surface area contributed by atoms with E-state index in [-0.39, 0.29) is 18.0 Å². The highest BCUT2D eigenvalue weighted by Gasteiger charge is 2.48. The van der Waals surface area contributed by atoms with Crippen LogP contribution >= 0.6 is 0 Å². The van der Waals surface area contributed by atoms with Crippen LogP contribution in [0.1, 0.15) is 32.6 Å². The molecule has 1 aliphatic heterocycles. The van der Waals surface area contributed by atoms with Crippen molar-refractivity contribution in [3.63, 3.8) is 0 Å². The highest BCUT2D eigenvalue weighted by atomic mass is 16.6. The van der Waals surface area contributed by atoms with E-state index in [0.717, 1.165) is 0 Å². The summed E-state index contributed by atoms with van der Waals surface area (Å²) in [6.07, 6.45) is 6.96. The largest absolute Gasteiger partial charge is 0.466 e. The topological polar surface area (TPSA) is 81.6 Å². The van der Waals surface area contributed by atoms with Crippen molar-refractivity contribution in [1.82, 2.24) is 9.97 Å². The number of hydrogen-bond acceptors (Lipinski definition) is 6. The van der Waals surface area contributed by atoms with Crippen molar-refractivity contribution >= 4 is 17.7 Å². The van der Waals surface area contributed by atoms with Crippen LogP contribution in [0.15, 0.2) is 18.7 Å². The predicted octanol–water partition coefficient (Wildman–Crippen LogP) is 1.93. The van der Waals surface area contributed by atoms with Gasteiger partial charge in [-0.3, -0.25) is 9.69 Å². The number of amides is 1. The first-order valence-electron chi connectivity index (χ1n) is 7.56. The number of rotatable bonds is 3. The average Bonchev–Trinajstić information content (AvgIpc) is 2.85. The first kappa shape index (κ1) is 14.7. The van der Waals surface area contributed by atoms with E-state index in [4.69, 9.17) is 9.47 Å². The number of anilines is 1. The van der Waals surface area contributed by atoms with Crippen molar-refractivity contribution in [3.8, 4) is 0 Å². The van der Waals surface area contributed by atoms with Gasteiger partial charge < -0.3 is 9.47 Å². The third kappa shape index (κ3) is 2.75. The van der Waals surface area contributed by atoms with Gasteiger partial charge in [-0.25, -0.2) is 14.8 Å². The van der Waals surface area contributed by atoms with Crippen molar-refractivity contribution < 1.29 is 19.1 Å². The number of carbonyl (C=O) groups excluding carboxylic acids is 2. The Morgan fingerprint density at radius 1 is 1.41 bits per heavy atom. The zero-order valence-electron chi connectivity index (χ0n) is 12.5. The molecule has 1 spiro atoms. The van der Waals surface area contributed by atoms with Crippen LogP contribution in [0.3, 0.4) is 0 Å². The van der Waals surface area contributed by atoms with Crippen molar-refractivity contribution in [2.75, 3.05) is 18.1 Å². The molecule has 2 aliphatic rings. The molecule has 0 N–H and O–H groups in total. The average molecular weight is 305 g/mol. The summed E-state index contributed by atoms with van der Waals surface area (Å²) in [6.45, 7) is 2.69. The first-order valence-corrected chi connectivity index (χ1v) is 7.56. The third-order valence-corrected chi connectivity index (χ3v) is 4.35. The molecule has 22 heavy (non-hydrogen) atoms. The third-order valence-electron chi connectivity index (χ3n) is 4.35. The monoisotopic (exact) mass is 305 g/mol. The van der Waals surface area contributed by atoms with Crippen LogP contribution in [0, 0.1) is 5.92 Å². The maximum atomic E-state index is 12.1. The van der Waals surface area contributed by atoms with E-state index in [1.807, 2.05) is 0 Å². The van der Waals surface area contributed by atoms with Gasteiger partial charge >= 0.3 is 12.1 Å². The van der Waals surface area contributed by atoms with Gasteiger partial charge in [0.15, 0.2) is 0 Å². The van der Waals surface area contributed by atoms with Crippen molar-refractivity contribution in [3.05, 3.63) is 18.7 Å². The van der Waals surface area contributed by atoms with E-state index in [1.54, 1.807) is 24.2 Å². The lowest BCUT2D eigenvalue weighted by Gasteiger charge is -2.34. The lowest BCUT2D eigenvalue weighted by molar-refractivity contribution is -0.150. The molecule has 2 heterocycles. The molecule has 1 saturated carbocycles. The fourth-order valence-electron chi connectivity index (χ4n) is 3.15. The summed E-state index contributed by atoms with van der Waals surface area (Å²) in [6, 6.07) is 0. The van der Waals surface area contributed by atoms with Crippen LogP contribution in [0.4, 0.5) is 10.5 Å². The summed E-state index contributed by atoms with van der Waals surface area (Å²) in [5.74, 6) is -0.228. The molecule has 1 amide bonds. The van der Waals surface area contributed by atoms with E-state index < -0.39 is 5.60 Å². The van der Waals surface area contributed by atoms with E-state index in [9.17, 15) is 9.59 Å². The highest BCUT2D eigenvalue weighted by Crippen LogP contribution is 2.40. The molecular formula is C15H19N3O4. The summed E-state index contributed by atoms with van der Waals surface area (Å²) >= 11 is 0. The van der Waals surface area contributed by atoms with Gasteiger partial charge in [-0.05, 0) is 32.6 Å². The number of esters is 1. The molecule has 0 atom stereocenters. The maximum Gasteiger partial charge on any atom is 0.415 e. The highest BCUT2D eigenvalue weighted by molar-refractivity contribution is 5.89. The first-order chi connectivity index (χ1) is 10.6. The summed E-state index contributed by atoms with van der Waals surface area (Å²) in [5, 5.41) is 0. The van der Waals surface area contributed by atoms with E-state index in [0.29, 0.717) is 44.5 Å². The lowest BCUT2D eigenvalue weighted by Crippen LogP contribution is -2.40. The Morgan fingerprint density at radius 3 is 2.73 bits per heavy atom. The van der Waals surface area contributed by atoms with E-state index in [2.05, 4.69) is 9.97 Å². The minimum Gasteiger partial charge on any atom is -0.466 e. The Labute approximate surface area is 128 Å². The molecule has 2 fully saturated rings. The Balaban J connectivity index is 1.65. The van der Waals surface area contributed by atoms with Crippen molar-refractivity contribution in [2.45, 2.75) is 38.2 Å². The Hall–Kier alpha value is -2.18. The molecule has 1 saturated heterocycles. The van der Waals surface area contributed by atoms with Crippen LogP contribution in [0.25, 0.3) is 0 Å². The molecule has 0 unspecified atom stereocenters. The molecule has 0 aromatic carbocycles. The molecule has 0 radical (unpaired) electrons. The van der Waals surface area contributed by atoms with Crippen LogP contribution in [0.5, 0.6) is 0 Å². The van der Waals surface area contributed by atoms with Gasteiger partial charge in [0.1, 0.15) is 11.9 Å². The minimum atomic E-state index is -0.504. The Bertz CT molecular complexity index is 555. The second kappa shape index (κ2) is 5.90. The number of aromatic nitrogens is 2. The van der Waals surface area contributed by atoms with Gasteiger partial charge in [0.25, 0.3) is 0 Å². The quantitative estimate of drug-likeness (QED) is 0.794.